The van der Waals surface area contributed by atoms with Crippen LogP contribution in [0.15, 0.2) is 0 Å². The lowest BCUT2D eigenvalue weighted by Gasteiger charge is -2.65. The van der Waals surface area contributed by atoms with E-state index in [2.05, 4.69) is 41.5 Å². The van der Waals surface area contributed by atoms with E-state index in [-0.39, 0.29) is 46.9 Å². The standard InChI is InChI=1S/C44H68O6/c1-26(45)48-35-15-17-40(7)31(38(35,3)4)13-19-42-21-28(9-11-33(40)42)30(23-42)37-47-25-44(50-37)24-43-20-14-32-39(5,6)36(49-27(2)46)16-18-41(32,8)34(43)12-10-29(44)22-43/h28-37H,9-25H2,1-8H3/t28-,29-,30-,31-,32-,33+,34-,35-,36-,37+,40-,41-,42+,43+,44+/m1/s1. The normalized spacial score (nSPS) is 55.4. The molecule has 6 nitrogen and oxygen atoms in total. The van der Waals surface area contributed by atoms with Crippen LogP contribution in [0, 0.1) is 73.9 Å². The zero-order valence-electron chi connectivity index (χ0n) is 32.7. The average molecular weight is 693 g/mol. The third-order valence-corrected chi connectivity index (χ3v) is 19.3. The Morgan fingerprint density at radius 2 is 1.16 bits per heavy atom. The number of hydrogen-bond donors (Lipinski definition) is 0. The summed E-state index contributed by atoms with van der Waals surface area (Å²) in [5.41, 5.74) is 1.34. The Kier molecular flexibility index (Phi) is 7.60. The van der Waals surface area contributed by atoms with E-state index in [4.69, 9.17) is 18.9 Å². The first-order chi connectivity index (χ1) is 23.5. The minimum Gasteiger partial charge on any atom is -0.462 e. The summed E-state index contributed by atoms with van der Waals surface area (Å²) in [6.45, 7) is 18.8. The zero-order chi connectivity index (χ0) is 35.3. The molecule has 15 atom stereocenters. The fourth-order valence-electron chi connectivity index (χ4n) is 17.7. The van der Waals surface area contributed by atoms with Crippen molar-refractivity contribution in [3.05, 3.63) is 0 Å². The molecular weight excluding hydrogens is 624 g/mol. The van der Waals surface area contributed by atoms with Crippen LogP contribution in [0.1, 0.15) is 158 Å². The van der Waals surface area contributed by atoms with E-state index < -0.39 is 0 Å². The first-order valence-corrected chi connectivity index (χ1v) is 21.1. The van der Waals surface area contributed by atoms with E-state index in [9.17, 15) is 9.59 Å². The highest BCUT2D eigenvalue weighted by atomic mass is 16.7. The topological polar surface area (TPSA) is 71.1 Å². The molecule has 9 fully saturated rings. The van der Waals surface area contributed by atoms with Crippen LogP contribution in [0.25, 0.3) is 0 Å². The van der Waals surface area contributed by atoms with E-state index >= 15 is 0 Å². The molecule has 0 N–H and O–H groups in total. The van der Waals surface area contributed by atoms with Crippen LogP contribution in [-0.4, -0.2) is 42.6 Å². The Morgan fingerprint density at radius 3 is 1.76 bits per heavy atom. The van der Waals surface area contributed by atoms with E-state index in [0.29, 0.717) is 45.3 Å². The molecule has 50 heavy (non-hydrogen) atoms. The Balaban J connectivity index is 0.916. The van der Waals surface area contributed by atoms with Crippen LogP contribution in [0.3, 0.4) is 0 Å². The van der Waals surface area contributed by atoms with Crippen LogP contribution >= 0.6 is 0 Å². The molecule has 0 unspecified atom stereocenters. The Morgan fingerprint density at radius 1 is 0.600 bits per heavy atom. The molecule has 0 aromatic heterocycles. The van der Waals surface area contributed by atoms with Gasteiger partial charge in [0.25, 0.3) is 0 Å². The quantitative estimate of drug-likeness (QED) is 0.275. The zero-order valence-corrected chi connectivity index (χ0v) is 32.7. The number of rotatable bonds is 3. The summed E-state index contributed by atoms with van der Waals surface area (Å²) in [5, 5.41) is 0. The van der Waals surface area contributed by atoms with Crippen LogP contribution in [0.5, 0.6) is 0 Å². The molecule has 0 radical (unpaired) electrons. The first-order valence-electron chi connectivity index (χ1n) is 21.1. The first kappa shape index (κ1) is 34.6. The molecular formula is C44H68O6. The maximum absolute atomic E-state index is 12.0. The van der Waals surface area contributed by atoms with Crippen molar-refractivity contribution in [2.24, 2.45) is 73.9 Å². The van der Waals surface area contributed by atoms with Gasteiger partial charge in [-0.05, 0) is 160 Å². The Hall–Kier alpha value is -1.14. The van der Waals surface area contributed by atoms with Gasteiger partial charge < -0.3 is 18.9 Å². The van der Waals surface area contributed by atoms with Gasteiger partial charge in [-0.25, -0.2) is 0 Å². The maximum atomic E-state index is 12.0. The largest absolute Gasteiger partial charge is 0.462 e. The van der Waals surface area contributed by atoms with Crippen molar-refractivity contribution in [3.63, 3.8) is 0 Å². The predicted octanol–water partition coefficient (Wildman–Crippen LogP) is 9.66. The second-order valence-electron chi connectivity index (χ2n) is 21.9. The van der Waals surface area contributed by atoms with Crippen LogP contribution in [0.4, 0.5) is 0 Å². The van der Waals surface area contributed by atoms with E-state index in [1.807, 2.05) is 0 Å². The van der Waals surface area contributed by atoms with Crippen molar-refractivity contribution in [2.75, 3.05) is 6.61 Å². The third-order valence-electron chi connectivity index (χ3n) is 19.3. The molecule has 1 heterocycles. The molecule has 0 amide bonds. The number of carbonyl (C=O) groups excluding carboxylic acids is 2. The van der Waals surface area contributed by atoms with Gasteiger partial charge in [0.05, 0.1) is 12.2 Å². The Bertz CT molecular complexity index is 1420. The number of carbonyl (C=O) groups is 2. The summed E-state index contributed by atoms with van der Waals surface area (Å²) < 4.78 is 26.4. The minimum absolute atomic E-state index is 0.0106. The fraction of sp³-hybridized carbons (Fsp3) is 0.955. The molecule has 280 valence electrons. The van der Waals surface area contributed by atoms with Gasteiger partial charge in [-0.15, -0.1) is 0 Å². The van der Waals surface area contributed by atoms with Gasteiger partial charge in [0.15, 0.2) is 6.29 Å². The number of esters is 2. The number of fused-ring (bicyclic) bond motifs is 7. The SMILES string of the molecule is CC(=O)O[C@@H]1CC[C@]2(C)[C@H](CC[C@@]34C[C@@H](CC[C@H]32)[C@H]([C@H]2OC[C@]3(C[C@@]56CC[C@@H]7C(C)(C)[C@H](OC(C)=O)CC[C@@]7(C)[C@H]5CC[C@@H]3C6)O2)C4)C1(C)C. The lowest BCUT2D eigenvalue weighted by atomic mass is 9.41. The van der Waals surface area contributed by atoms with Crippen molar-refractivity contribution in [2.45, 2.75) is 182 Å². The van der Waals surface area contributed by atoms with Crippen molar-refractivity contribution >= 4 is 11.9 Å². The summed E-state index contributed by atoms with van der Waals surface area (Å²) in [6.07, 6.45) is 20.0. The highest BCUT2D eigenvalue weighted by Crippen LogP contribution is 2.76. The average Bonchev–Trinajstić information content (AvgIpc) is 3.64. The van der Waals surface area contributed by atoms with Crippen molar-refractivity contribution in [1.82, 2.24) is 0 Å². The highest BCUT2D eigenvalue weighted by molar-refractivity contribution is 5.66. The van der Waals surface area contributed by atoms with Crippen molar-refractivity contribution in [3.8, 4) is 0 Å². The fourth-order valence-corrected chi connectivity index (χ4v) is 17.7. The minimum atomic E-state index is -0.124. The maximum Gasteiger partial charge on any atom is 0.302 e. The monoisotopic (exact) mass is 693 g/mol. The second-order valence-corrected chi connectivity index (χ2v) is 21.9. The lowest BCUT2D eigenvalue weighted by molar-refractivity contribution is -0.198. The summed E-state index contributed by atoms with van der Waals surface area (Å²) in [7, 11) is 0. The van der Waals surface area contributed by atoms with Gasteiger partial charge in [-0.2, -0.15) is 0 Å². The van der Waals surface area contributed by atoms with E-state index in [1.165, 1.54) is 89.9 Å². The van der Waals surface area contributed by atoms with Gasteiger partial charge in [-0.3, -0.25) is 9.59 Å². The second kappa shape index (κ2) is 11.0. The van der Waals surface area contributed by atoms with E-state index in [0.717, 1.165) is 37.2 Å². The third kappa shape index (κ3) is 4.57. The molecule has 3 spiro atoms. The summed E-state index contributed by atoms with van der Waals surface area (Å²) in [6, 6.07) is 0. The molecule has 6 heteroatoms. The van der Waals surface area contributed by atoms with Gasteiger partial charge in [0.2, 0.25) is 0 Å². The number of hydrogen-bond acceptors (Lipinski definition) is 6. The van der Waals surface area contributed by atoms with Gasteiger partial charge in [-0.1, -0.05) is 41.5 Å². The molecule has 4 bridgehead atoms. The van der Waals surface area contributed by atoms with Gasteiger partial charge in [0.1, 0.15) is 12.2 Å². The molecule has 9 rings (SSSR count). The van der Waals surface area contributed by atoms with Crippen molar-refractivity contribution in [1.29, 1.82) is 0 Å². The molecule has 1 aliphatic heterocycles. The van der Waals surface area contributed by atoms with E-state index in [1.54, 1.807) is 13.8 Å². The van der Waals surface area contributed by atoms with Crippen LogP contribution in [-0.2, 0) is 28.5 Å². The smallest absolute Gasteiger partial charge is 0.302 e. The Labute approximate surface area is 302 Å². The molecule has 8 aliphatic carbocycles. The van der Waals surface area contributed by atoms with Crippen LogP contribution < -0.4 is 0 Å². The number of ether oxygens (including phenoxy) is 4. The summed E-state index contributed by atoms with van der Waals surface area (Å²) in [5.74, 6) is 4.32. The highest BCUT2D eigenvalue weighted by Gasteiger charge is 2.72. The van der Waals surface area contributed by atoms with Gasteiger partial charge in [0, 0.05) is 30.6 Å². The molecule has 0 aromatic carbocycles. The summed E-state index contributed by atoms with van der Waals surface area (Å²) in [4.78, 5) is 24.1. The van der Waals surface area contributed by atoms with Crippen LogP contribution in [0.2, 0.25) is 0 Å². The predicted molar refractivity (Wildman–Crippen MR) is 192 cm³/mol. The lowest BCUT2D eigenvalue weighted by Crippen LogP contribution is -2.59. The molecule has 9 aliphatic rings. The van der Waals surface area contributed by atoms with Crippen molar-refractivity contribution < 1.29 is 28.5 Å². The molecule has 1 saturated heterocycles. The molecule has 0 aromatic rings. The van der Waals surface area contributed by atoms with Gasteiger partial charge >= 0.3 is 11.9 Å². The molecule has 8 saturated carbocycles. The summed E-state index contributed by atoms with van der Waals surface area (Å²) >= 11 is 0.